The van der Waals surface area contributed by atoms with Gasteiger partial charge in [0.2, 0.25) is 21.8 Å². The SMILES string of the molecule is CC(C)(N)C(=O)NC(CSC1CCCCC1)C(=O)N1CCC2(CC1)CN(S(C)(=O)=O)c1ccccc12.O=C(O)C(F)(F)F. The number of thioether (sulfide) groups is 1. The molecule has 0 bridgehead atoms. The maximum absolute atomic E-state index is 13.7. The Morgan fingerprint density at radius 3 is 2.19 bits per heavy atom. The molecule has 2 amide bonds. The van der Waals surface area contributed by atoms with Crippen LogP contribution in [0.3, 0.4) is 0 Å². The van der Waals surface area contributed by atoms with Crippen molar-refractivity contribution in [3.63, 3.8) is 0 Å². The van der Waals surface area contributed by atoms with E-state index in [2.05, 4.69) is 5.32 Å². The number of nitrogens with one attached hydrogen (secondary N) is 1. The van der Waals surface area contributed by atoms with Crippen molar-refractivity contribution in [1.29, 1.82) is 0 Å². The minimum atomic E-state index is -5.08. The van der Waals surface area contributed by atoms with Crippen LogP contribution in [0.2, 0.25) is 0 Å². The molecule has 1 aliphatic carbocycles. The highest BCUT2D eigenvalue weighted by Gasteiger charge is 2.48. The van der Waals surface area contributed by atoms with Crippen molar-refractivity contribution in [2.24, 2.45) is 5.73 Å². The number of hydrogen-bond donors (Lipinski definition) is 3. The summed E-state index contributed by atoms with van der Waals surface area (Å²) in [7, 11) is -3.39. The predicted molar refractivity (Wildman–Crippen MR) is 159 cm³/mol. The van der Waals surface area contributed by atoms with Crippen LogP contribution in [-0.4, -0.2) is 90.9 Å². The largest absolute Gasteiger partial charge is 0.490 e. The molecule has 3 aliphatic rings. The number of fused-ring (bicyclic) bond motifs is 2. The van der Waals surface area contributed by atoms with Crippen LogP contribution in [0.5, 0.6) is 0 Å². The summed E-state index contributed by atoms with van der Waals surface area (Å²) in [5.41, 5.74) is 6.45. The summed E-state index contributed by atoms with van der Waals surface area (Å²) >= 11 is 1.79. The molecule has 0 radical (unpaired) electrons. The normalized spacial score (nSPS) is 19.7. The van der Waals surface area contributed by atoms with E-state index in [9.17, 15) is 31.2 Å². The Labute approximate surface area is 255 Å². The van der Waals surface area contributed by atoms with Gasteiger partial charge < -0.3 is 21.1 Å². The summed E-state index contributed by atoms with van der Waals surface area (Å²) in [6.07, 6.45) is 3.55. The van der Waals surface area contributed by atoms with E-state index in [-0.39, 0.29) is 17.2 Å². The minimum Gasteiger partial charge on any atom is -0.475 e. The summed E-state index contributed by atoms with van der Waals surface area (Å²) in [6, 6.07) is 7.08. The third-order valence-electron chi connectivity index (χ3n) is 8.10. The number of benzene rings is 1. The second-order valence-electron chi connectivity index (χ2n) is 12.0. The standard InChI is InChI=1S/C26H40N4O4S2.C2HF3O2/c1-25(2,27)24(32)28-21(17-35-19-9-5-4-6-10-19)23(31)29-15-13-26(14-16-29)18-30(36(3,33)34)22-12-8-7-11-20(22)26;3-2(4,5)1(6)7/h7-8,11-12,19,21H,4-6,9-10,13-18,27H2,1-3H3,(H,28,32);(H,6,7). The molecule has 15 heteroatoms. The van der Waals surface area contributed by atoms with Crippen molar-refractivity contribution in [3.8, 4) is 0 Å². The average Bonchev–Trinajstić information content (AvgIpc) is 3.25. The second-order valence-corrected chi connectivity index (χ2v) is 15.3. The zero-order chi connectivity index (χ0) is 32.2. The number of sulfonamides is 1. The highest BCUT2D eigenvalue weighted by atomic mass is 32.2. The first-order valence-electron chi connectivity index (χ1n) is 14.2. The molecule has 43 heavy (non-hydrogen) atoms. The third-order valence-corrected chi connectivity index (χ3v) is 10.7. The molecule has 4 N–H and O–H groups in total. The van der Waals surface area contributed by atoms with Gasteiger partial charge in [0.15, 0.2) is 0 Å². The van der Waals surface area contributed by atoms with Gasteiger partial charge in [-0.1, -0.05) is 37.5 Å². The van der Waals surface area contributed by atoms with Crippen LogP contribution in [0.15, 0.2) is 24.3 Å². The Hall–Kier alpha value is -2.52. The Morgan fingerprint density at radius 1 is 1.12 bits per heavy atom. The first-order valence-corrected chi connectivity index (χ1v) is 17.1. The lowest BCUT2D eigenvalue weighted by Gasteiger charge is -2.41. The van der Waals surface area contributed by atoms with E-state index in [1.54, 1.807) is 25.6 Å². The number of likely N-dealkylation sites (tertiary alicyclic amines) is 1. The van der Waals surface area contributed by atoms with Gasteiger partial charge in [-0.3, -0.25) is 13.9 Å². The molecule has 1 aromatic rings. The highest BCUT2D eigenvalue weighted by Crippen LogP contribution is 2.47. The van der Waals surface area contributed by atoms with Crippen molar-refractivity contribution in [2.45, 2.75) is 87.2 Å². The van der Waals surface area contributed by atoms with Crippen LogP contribution in [0.1, 0.15) is 64.4 Å². The molecule has 1 spiro atoms. The first kappa shape index (κ1) is 35.0. The smallest absolute Gasteiger partial charge is 0.475 e. The highest BCUT2D eigenvalue weighted by molar-refractivity contribution is 8.00. The first-order chi connectivity index (χ1) is 19.8. The minimum absolute atomic E-state index is 0.0722. The van der Waals surface area contributed by atoms with Gasteiger partial charge in [-0.05, 0) is 51.2 Å². The van der Waals surface area contributed by atoms with E-state index in [0.717, 1.165) is 24.1 Å². The van der Waals surface area contributed by atoms with Crippen molar-refractivity contribution in [3.05, 3.63) is 29.8 Å². The van der Waals surface area contributed by atoms with Crippen LogP contribution in [-0.2, 0) is 29.8 Å². The Morgan fingerprint density at radius 2 is 1.67 bits per heavy atom. The maximum atomic E-state index is 13.7. The van der Waals surface area contributed by atoms with Crippen LogP contribution < -0.4 is 15.4 Å². The number of piperidine rings is 1. The number of aliphatic carboxylic acids is 1. The summed E-state index contributed by atoms with van der Waals surface area (Å²) in [5, 5.41) is 10.6. The fraction of sp³-hybridized carbons (Fsp3) is 0.679. The number of para-hydroxylation sites is 1. The summed E-state index contributed by atoms with van der Waals surface area (Å²) in [6.45, 7) is 4.75. The number of carbonyl (C=O) groups is 3. The molecule has 1 unspecified atom stereocenters. The number of rotatable bonds is 7. The summed E-state index contributed by atoms with van der Waals surface area (Å²) in [5.74, 6) is -2.62. The van der Waals surface area contributed by atoms with Crippen LogP contribution in [0.25, 0.3) is 0 Å². The van der Waals surface area contributed by atoms with Gasteiger partial charge in [0.25, 0.3) is 0 Å². The molecule has 10 nitrogen and oxygen atoms in total. The lowest BCUT2D eigenvalue weighted by molar-refractivity contribution is -0.192. The number of carbonyl (C=O) groups excluding carboxylic acids is 2. The number of carboxylic acids is 1. The molecule has 2 fully saturated rings. The number of nitrogens with zero attached hydrogens (tertiary/aromatic N) is 2. The fourth-order valence-electron chi connectivity index (χ4n) is 5.67. The number of hydrogen-bond acceptors (Lipinski definition) is 7. The Bertz CT molecular complexity index is 1270. The van der Waals surface area contributed by atoms with Crippen LogP contribution >= 0.6 is 11.8 Å². The lowest BCUT2D eigenvalue weighted by atomic mass is 9.74. The zero-order valence-corrected chi connectivity index (χ0v) is 26.3. The zero-order valence-electron chi connectivity index (χ0n) is 24.7. The molecule has 0 aromatic heterocycles. The van der Waals surface area contributed by atoms with Crippen molar-refractivity contribution in [2.75, 3.05) is 35.9 Å². The molecule has 1 saturated heterocycles. The fourth-order valence-corrected chi connectivity index (χ4v) is 8.02. The maximum Gasteiger partial charge on any atom is 0.490 e. The van der Waals surface area contributed by atoms with E-state index in [0.29, 0.717) is 43.5 Å². The van der Waals surface area contributed by atoms with E-state index in [1.165, 1.54) is 29.8 Å². The molecule has 2 aliphatic heterocycles. The van der Waals surface area contributed by atoms with Gasteiger partial charge in [0.1, 0.15) is 6.04 Å². The predicted octanol–water partition coefficient (Wildman–Crippen LogP) is 3.25. The van der Waals surface area contributed by atoms with Crippen LogP contribution in [0.4, 0.5) is 18.9 Å². The van der Waals surface area contributed by atoms with Gasteiger partial charge in [-0.25, -0.2) is 13.2 Å². The summed E-state index contributed by atoms with van der Waals surface area (Å²) < 4.78 is 58.2. The molecule has 2 heterocycles. The van der Waals surface area contributed by atoms with E-state index in [1.807, 2.05) is 29.2 Å². The molecule has 1 aromatic carbocycles. The molecular weight excluding hydrogens is 609 g/mol. The molecule has 1 atom stereocenters. The Kier molecular flexibility index (Phi) is 11.1. The quantitative estimate of drug-likeness (QED) is 0.407. The number of alkyl halides is 3. The number of halogens is 3. The lowest BCUT2D eigenvalue weighted by Crippen LogP contribution is -2.58. The topological polar surface area (TPSA) is 150 Å². The number of nitrogens with two attached hydrogens (primary N) is 1. The van der Waals surface area contributed by atoms with Gasteiger partial charge >= 0.3 is 12.1 Å². The van der Waals surface area contributed by atoms with Gasteiger partial charge in [0, 0.05) is 36.1 Å². The van der Waals surface area contributed by atoms with Gasteiger partial charge in [-0.2, -0.15) is 24.9 Å². The summed E-state index contributed by atoms with van der Waals surface area (Å²) in [4.78, 5) is 37.1. The number of anilines is 1. The van der Waals surface area contributed by atoms with E-state index >= 15 is 0 Å². The number of amides is 2. The average molecular weight is 651 g/mol. The third kappa shape index (κ3) is 9.00. The molecular formula is C28H41F3N4O6S2. The van der Waals surface area contributed by atoms with Gasteiger partial charge in [-0.15, -0.1) is 0 Å². The van der Waals surface area contributed by atoms with Crippen molar-refractivity contribution < 1.29 is 41.1 Å². The molecule has 4 rings (SSSR count). The van der Waals surface area contributed by atoms with E-state index in [4.69, 9.17) is 15.6 Å². The molecule has 1 saturated carbocycles. The monoisotopic (exact) mass is 650 g/mol. The van der Waals surface area contributed by atoms with Crippen molar-refractivity contribution >= 4 is 45.3 Å². The second kappa shape index (κ2) is 13.6. The van der Waals surface area contributed by atoms with E-state index < -0.39 is 33.7 Å². The van der Waals surface area contributed by atoms with Crippen LogP contribution in [0, 0.1) is 0 Å². The van der Waals surface area contributed by atoms with Crippen molar-refractivity contribution in [1.82, 2.24) is 10.2 Å². The number of carboxylic acid groups (broad SMARTS) is 1. The van der Waals surface area contributed by atoms with Gasteiger partial charge in [0.05, 0.1) is 17.5 Å². The molecule has 242 valence electrons. The Balaban J connectivity index is 0.000000646.